The van der Waals surface area contributed by atoms with Crippen molar-refractivity contribution >= 4 is 17.3 Å². The SMILES string of the molecule is CCCC1(c2ccc3c(c2)C(c2ccccc2)=NCC(=O)N3)OCCO1. The second kappa shape index (κ2) is 7.02. The van der Waals surface area contributed by atoms with Crippen molar-refractivity contribution in [2.45, 2.75) is 25.6 Å². The summed E-state index contributed by atoms with van der Waals surface area (Å²) in [5.74, 6) is -0.816. The quantitative estimate of drug-likeness (QED) is 0.918. The molecule has 1 saturated heterocycles. The molecule has 2 aromatic carbocycles. The van der Waals surface area contributed by atoms with Crippen molar-refractivity contribution in [3.63, 3.8) is 0 Å². The van der Waals surface area contributed by atoms with E-state index in [0.717, 1.165) is 40.9 Å². The molecule has 1 fully saturated rings. The van der Waals surface area contributed by atoms with Gasteiger partial charge in [0.25, 0.3) is 0 Å². The largest absolute Gasteiger partial charge is 0.343 e. The number of benzodiazepines with no additional fused rings is 1. The molecule has 2 aliphatic rings. The highest BCUT2D eigenvalue weighted by Gasteiger charge is 2.38. The number of carbonyl (C=O) groups is 1. The van der Waals surface area contributed by atoms with E-state index < -0.39 is 5.79 Å². The molecule has 0 unspecified atom stereocenters. The molecule has 2 heterocycles. The van der Waals surface area contributed by atoms with Gasteiger partial charge < -0.3 is 14.8 Å². The van der Waals surface area contributed by atoms with E-state index in [1.165, 1.54) is 0 Å². The lowest BCUT2D eigenvalue weighted by Gasteiger charge is -2.28. The zero-order valence-corrected chi connectivity index (χ0v) is 14.8. The fourth-order valence-corrected chi connectivity index (χ4v) is 3.59. The smallest absolute Gasteiger partial charge is 0.246 e. The Hall–Kier alpha value is -2.50. The number of benzene rings is 2. The Morgan fingerprint density at radius 2 is 1.88 bits per heavy atom. The Morgan fingerprint density at radius 3 is 2.62 bits per heavy atom. The molecule has 26 heavy (non-hydrogen) atoms. The predicted octanol–water partition coefficient (Wildman–Crippen LogP) is 3.48. The van der Waals surface area contributed by atoms with Gasteiger partial charge in [-0.2, -0.15) is 0 Å². The normalized spacial score (nSPS) is 18.7. The van der Waals surface area contributed by atoms with Gasteiger partial charge in [0.1, 0.15) is 6.54 Å². The van der Waals surface area contributed by atoms with Crippen LogP contribution in [0, 0.1) is 0 Å². The Morgan fingerprint density at radius 1 is 1.12 bits per heavy atom. The van der Waals surface area contributed by atoms with Crippen LogP contribution in [0.15, 0.2) is 53.5 Å². The van der Waals surface area contributed by atoms with Crippen molar-refractivity contribution in [3.8, 4) is 0 Å². The molecule has 0 aromatic heterocycles. The molecule has 0 saturated carbocycles. The number of nitrogens with one attached hydrogen (secondary N) is 1. The van der Waals surface area contributed by atoms with Gasteiger partial charge in [0.2, 0.25) is 5.91 Å². The lowest BCUT2D eigenvalue weighted by molar-refractivity contribution is -0.170. The van der Waals surface area contributed by atoms with Crippen LogP contribution in [0.1, 0.15) is 36.5 Å². The summed E-state index contributed by atoms with van der Waals surface area (Å²) in [5.41, 5.74) is 4.43. The maximum absolute atomic E-state index is 12.1. The number of hydrogen-bond acceptors (Lipinski definition) is 4. The Balaban J connectivity index is 1.84. The predicted molar refractivity (Wildman–Crippen MR) is 101 cm³/mol. The van der Waals surface area contributed by atoms with Crippen LogP contribution < -0.4 is 5.32 Å². The molecule has 2 aromatic rings. The molecule has 0 aliphatic carbocycles. The summed E-state index contributed by atoms with van der Waals surface area (Å²) < 4.78 is 12.0. The van der Waals surface area contributed by atoms with Crippen LogP contribution >= 0.6 is 0 Å². The molecule has 5 nitrogen and oxygen atoms in total. The average Bonchev–Trinajstić information content (AvgIpc) is 3.07. The van der Waals surface area contributed by atoms with Crippen molar-refractivity contribution in [1.29, 1.82) is 0 Å². The molecule has 4 rings (SSSR count). The first-order valence-electron chi connectivity index (χ1n) is 9.04. The van der Waals surface area contributed by atoms with Gasteiger partial charge in [-0.25, -0.2) is 0 Å². The van der Waals surface area contributed by atoms with Gasteiger partial charge in [0.05, 0.1) is 24.6 Å². The van der Waals surface area contributed by atoms with Crippen molar-refractivity contribution < 1.29 is 14.3 Å². The lowest BCUT2D eigenvalue weighted by Crippen LogP contribution is -2.27. The molecule has 0 bridgehead atoms. The van der Waals surface area contributed by atoms with Gasteiger partial charge in [-0.15, -0.1) is 0 Å². The maximum atomic E-state index is 12.1. The fourth-order valence-electron chi connectivity index (χ4n) is 3.59. The van der Waals surface area contributed by atoms with Crippen LogP contribution in [-0.4, -0.2) is 31.4 Å². The molecule has 2 aliphatic heterocycles. The minimum atomic E-state index is -0.706. The van der Waals surface area contributed by atoms with Crippen LogP contribution in [-0.2, 0) is 20.1 Å². The molecule has 0 atom stereocenters. The number of nitrogens with zero attached hydrogens (tertiary/aromatic N) is 1. The summed E-state index contributed by atoms with van der Waals surface area (Å²) in [4.78, 5) is 16.6. The summed E-state index contributed by atoms with van der Waals surface area (Å²) in [6.45, 7) is 3.41. The zero-order chi connectivity index (χ0) is 18.0. The van der Waals surface area contributed by atoms with E-state index in [0.29, 0.717) is 13.2 Å². The van der Waals surface area contributed by atoms with E-state index in [-0.39, 0.29) is 12.5 Å². The van der Waals surface area contributed by atoms with E-state index in [4.69, 9.17) is 9.47 Å². The number of ether oxygens (including phenoxy) is 2. The molecule has 1 amide bonds. The minimum Gasteiger partial charge on any atom is -0.343 e. The third kappa shape index (κ3) is 3.04. The standard InChI is InChI=1S/C21H22N2O3/c1-2-10-21(25-11-12-26-21)16-8-9-18-17(13-16)20(22-14-19(24)23-18)15-6-4-3-5-7-15/h3-9,13H,2,10-12,14H2,1H3,(H,23,24). The Kier molecular flexibility index (Phi) is 4.57. The van der Waals surface area contributed by atoms with Gasteiger partial charge in [-0.3, -0.25) is 9.79 Å². The first kappa shape index (κ1) is 16.9. The number of fused-ring (bicyclic) bond motifs is 1. The van der Waals surface area contributed by atoms with Gasteiger partial charge in [-0.05, 0) is 12.1 Å². The highest BCUT2D eigenvalue weighted by Crippen LogP contribution is 2.38. The summed E-state index contributed by atoms with van der Waals surface area (Å²) >= 11 is 0. The number of carbonyl (C=O) groups excluding carboxylic acids is 1. The molecular weight excluding hydrogens is 328 g/mol. The topological polar surface area (TPSA) is 59.9 Å². The summed E-state index contributed by atoms with van der Waals surface area (Å²) in [6, 6.07) is 15.9. The molecule has 5 heteroatoms. The number of rotatable bonds is 4. The number of hydrogen-bond donors (Lipinski definition) is 1. The van der Waals surface area contributed by atoms with E-state index in [1.54, 1.807) is 0 Å². The van der Waals surface area contributed by atoms with Crippen LogP contribution in [0.2, 0.25) is 0 Å². The van der Waals surface area contributed by atoms with Crippen LogP contribution in [0.4, 0.5) is 5.69 Å². The van der Waals surface area contributed by atoms with Gasteiger partial charge >= 0.3 is 0 Å². The first-order chi connectivity index (χ1) is 12.7. The van der Waals surface area contributed by atoms with Crippen molar-refractivity contribution in [2.24, 2.45) is 4.99 Å². The average molecular weight is 350 g/mol. The van der Waals surface area contributed by atoms with Gasteiger partial charge in [-0.1, -0.05) is 49.7 Å². The van der Waals surface area contributed by atoms with E-state index >= 15 is 0 Å². The lowest BCUT2D eigenvalue weighted by atomic mass is 9.94. The highest BCUT2D eigenvalue weighted by molar-refractivity contribution is 6.19. The third-order valence-corrected chi connectivity index (χ3v) is 4.75. The number of aliphatic imine (C=N–C) groups is 1. The molecular formula is C21H22N2O3. The second-order valence-corrected chi connectivity index (χ2v) is 6.54. The molecule has 0 spiro atoms. The summed E-state index contributed by atoms with van der Waals surface area (Å²) in [6.07, 6.45) is 1.74. The third-order valence-electron chi connectivity index (χ3n) is 4.75. The van der Waals surface area contributed by atoms with Crippen LogP contribution in [0.5, 0.6) is 0 Å². The molecule has 134 valence electrons. The minimum absolute atomic E-state index is 0.110. The second-order valence-electron chi connectivity index (χ2n) is 6.54. The van der Waals surface area contributed by atoms with Gasteiger partial charge in [0.15, 0.2) is 5.79 Å². The first-order valence-corrected chi connectivity index (χ1v) is 9.04. The van der Waals surface area contributed by atoms with Crippen molar-refractivity contribution in [2.75, 3.05) is 25.1 Å². The van der Waals surface area contributed by atoms with E-state index in [2.05, 4.69) is 17.2 Å². The monoisotopic (exact) mass is 350 g/mol. The van der Waals surface area contributed by atoms with Gasteiger partial charge in [0, 0.05) is 23.1 Å². The maximum Gasteiger partial charge on any atom is 0.246 e. The molecule has 0 radical (unpaired) electrons. The highest BCUT2D eigenvalue weighted by atomic mass is 16.7. The summed E-state index contributed by atoms with van der Waals surface area (Å²) in [7, 11) is 0. The summed E-state index contributed by atoms with van der Waals surface area (Å²) in [5, 5.41) is 2.95. The fraction of sp³-hybridized carbons (Fsp3) is 0.333. The number of amides is 1. The van der Waals surface area contributed by atoms with Crippen LogP contribution in [0.3, 0.4) is 0 Å². The number of anilines is 1. The van der Waals surface area contributed by atoms with E-state index in [1.807, 2.05) is 48.5 Å². The zero-order valence-electron chi connectivity index (χ0n) is 14.8. The molecule has 1 N–H and O–H groups in total. The Labute approximate surface area is 153 Å². The van der Waals surface area contributed by atoms with Crippen molar-refractivity contribution in [3.05, 3.63) is 65.2 Å². The van der Waals surface area contributed by atoms with E-state index in [9.17, 15) is 4.79 Å². The van der Waals surface area contributed by atoms with Crippen molar-refractivity contribution in [1.82, 2.24) is 0 Å². The van der Waals surface area contributed by atoms with Crippen LogP contribution in [0.25, 0.3) is 0 Å². The Bertz CT molecular complexity index is 840.